The molecule has 0 aliphatic heterocycles. The predicted octanol–water partition coefficient (Wildman–Crippen LogP) is 5.62. The maximum atomic E-state index is 12.2. The van der Waals surface area contributed by atoms with E-state index in [0.29, 0.717) is 18.4 Å². The van der Waals surface area contributed by atoms with Crippen molar-refractivity contribution in [3.8, 4) is 11.5 Å². The summed E-state index contributed by atoms with van der Waals surface area (Å²) in [7, 11) is -4.30. The molecule has 6 heteroatoms. The van der Waals surface area contributed by atoms with Crippen molar-refractivity contribution in [2.75, 3.05) is 0 Å². The number of phosphoric ester groups is 1. The van der Waals surface area contributed by atoms with Crippen molar-refractivity contribution in [2.24, 2.45) is 0 Å². The standard InChI is InChI=1S/C23H23O5P/c1-2-18-8-13-21(14-9-18)27-29(25,26)28-22-15-10-19(11-16-22)12-17-23(24)20-6-4-3-5-7-20/h3-11,13-16H,2,12,17H2,1H3,(H,25,26). The van der Waals surface area contributed by atoms with Crippen molar-refractivity contribution in [1.82, 2.24) is 0 Å². The van der Waals surface area contributed by atoms with Crippen LogP contribution >= 0.6 is 7.82 Å². The van der Waals surface area contributed by atoms with Gasteiger partial charge in [0, 0.05) is 12.0 Å². The van der Waals surface area contributed by atoms with E-state index >= 15 is 0 Å². The fourth-order valence-electron chi connectivity index (χ4n) is 2.81. The van der Waals surface area contributed by atoms with Crippen molar-refractivity contribution in [1.29, 1.82) is 0 Å². The Kier molecular flexibility index (Phi) is 6.86. The first-order valence-corrected chi connectivity index (χ1v) is 10.9. The summed E-state index contributed by atoms with van der Waals surface area (Å²) in [5.74, 6) is 0.566. The predicted molar refractivity (Wildman–Crippen MR) is 112 cm³/mol. The molecule has 0 bridgehead atoms. The molecule has 1 N–H and O–H groups in total. The highest BCUT2D eigenvalue weighted by molar-refractivity contribution is 7.48. The molecule has 3 aromatic rings. The number of ketones is 1. The molecule has 0 radical (unpaired) electrons. The second-order valence-corrected chi connectivity index (χ2v) is 7.88. The molecule has 1 unspecified atom stereocenters. The zero-order valence-corrected chi connectivity index (χ0v) is 17.0. The molecule has 0 saturated heterocycles. The Morgan fingerprint density at radius 1 is 0.828 bits per heavy atom. The van der Waals surface area contributed by atoms with E-state index in [4.69, 9.17) is 9.05 Å². The molecule has 0 aliphatic rings. The van der Waals surface area contributed by atoms with E-state index in [1.54, 1.807) is 48.5 Å². The summed E-state index contributed by atoms with van der Waals surface area (Å²) in [6.45, 7) is 2.02. The molecule has 0 aromatic heterocycles. The van der Waals surface area contributed by atoms with Gasteiger partial charge < -0.3 is 9.05 Å². The summed E-state index contributed by atoms with van der Waals surface area (Å²) in [4.78, 5) is 22.2. The average Bonchev–Trinajstić information content (AvgIpc) is 2.73. The largest absolute Gasteiger partial charge is 0.584 e. The molecule has 0 fully saturated rings. The van der Waals surface area contributed by atoms with Crippen LogP contribution in [-0.4, -0.2) is 10.7 Å². The summed E-state index contributed by atoms with van der Waals surface area (Å²) in [5.41, 5.74) is 2.73. The summed E-state index contributed by atoms with van der Waals surface area (Å²) >= 11 is 0. The number of phosphoric acid groups is 1. The number of hydrogen-bond donors (Lipinski definition) is 1. The van der Waals surface area contributed by atoms with Gasteiger partial charge in [-0.15, -0.1) is 0 Å². The second-order valence-electron chi connectivity index (χ2n) is 6.58. The van der Waals surface area contributed by atoms with Crippen LogP contribution in [0.25, 0.3) is 0 Å². The number of hydrogen-bond acceptors (Lipinski definition) is 4. The van der Waals surface area contributed by atoms with Gasteiger partial charge in [0.15, 0.2) is 5.78 Å². The molecule has 150 valence electrons. The third-order valence-corrected chi connectivity index (χ3v) is 5.32. The fraction of sp³-hybridized carbons (Fsp3) is 0.174. The van der Waals surface area contributed by atoms with E-state index in [9.17, 15) is 14.3 Å². The van der Waals surface area contributed by atoms with Crippen LogP contribution in [0.3, 0.4) is 0 Å². The molecule has 0 heterocycles. The summed E-state index contributed by atoms with van der Waals surface area (Å²) in [6, 6.07) is 22.8. The number of Topliss-reactive ketones (excluding diaryl/α,β-unsaturated/α-hetero) is 1. The van der Waals surface area contributed by atoms with Crippen LogP contribution in [-0.2, 0) is 17.4 Å². The minimum atomic E-state index is -4.30. The highest BCUT2D eigenvalue weighted by Crippen LogP contribution is 2.44. The highest BCUT2D eigenvalue weighted by Gasteiger charge is 2.25. The molecular weight excluding hydrogens is 387 g/mol. The molecule has 0 spiro atoms. The third kappa shape index (κ3) is 6.31. The summed E-state index contributed by atoms with van der Waals surface area (Å²) < 4.78 is 22.5. The molecule has 5 nitrogen and oxygen atoms in total. The fourth-order valence-corrected chi connectivity index (χ4v) is 3.63. The average molecular weight is 410 g/mol. The Morgan fingerprint density at radius 3 is 1.86 bits per heavy atom. The monoisotopic (exact) mass is 410 g/mol. The first-order chi connectivity index (χ1) is 13.9. The van der Waals surface area contributed by atoms with Gasteiger partial charge in [0.05, 0.1) is 0 Å². The Bertz CT molecular complexity index is 982. The molecule has 3 rings (SSSR count). The number of benzene rings is 3. The van der Waals surface area contributed by atoms with Gasteiger partial charge in [0.25, 0.3) is 0 Å². The smallest absolute Gasteiger partial charge is 0.395 e. The number of carbonyl (C=O) groups is 1. The number of aryl methyl sites for hydroxylation is 2. The maximum Gasteiger partial charge on any atom is 0.584 e. The van der Waals surface area contributed by atoms with Crippen LogP contribution in [0.1, 0.15) is 34.8 Å². The van der Waals surface area contributed by atoms with Crippen LogP contribution in [0.2, 0.25) is 0 Å². The van der Waals surface area contributed by atoms with E-state index in [2.05, 4.69) is 0 Å². The Balaban J connectivity index is 1.55. The van der Waals surface area contributed by atoms with Crippen molar-refractivity contribution >= 4 is 13.6 Å². The normalized spacial score (nSPS) is 12.8. The van der Waals surface area contributed by atoms with E-state index in [1.807, 2.05) is 37.3 Å². The van der Waals surface area contributed by atoms with Gasteiger partial charge in [-0.3, -0.25) is 9.69 Å². The van der Waals surface area contributed by atoms with Crippen LogP contribution < -0.4 is 9.05 Å². The number of carbonyl (C=O) groups excluding carboxylic acids is 1. The molecule has 3 aromatic carbocycles. The van der Waals surface area contributed by atoms with Gasteiger partial charge in [0.1, 0.15) is 11.5 Å². The third-order valence-electron chi connectivity index (χ3n) is 4.43. The van der Waals surface area contributed by atoms with Crippen molar-refractivity contribution in [3.63, 3.8) is 0 Å². The van der Waals surface area contributed by atoms with Crippen LogP contribution in [0.15, 0.2) is 78.9 Å². The first kappa shape index (κ1) is 20.8. The van der Waals surface area contributed by atoms with Crippen LogP contribution in [0, 0.1) is 0 Å². The Morgan fingerprint density at radius 2 is 1.34 bits per heavy atom. The molecule has 0 aliphatic carbocycles. The van der Waals surface area contributed by atoms with Crippen molar-refractivity contribution < 1.29 is 23.3 Å². The Labute approximate surface area is 170 Å². The van der Waals surface area contributed by atoms with Crippen LogP contribution in [0.4, 0.5) is 0 Å². The lowest BCUT2D eigenvalue weighted by atomic mass is 10.0. The van der Waals surface area contributed by atoms with E-state index in [1.165, 1.54) is 0 Å². The molecule has 0 saturated carbocycles. The van der Waals surface area contributed by atoms with Gasteiger partial charge in [-0.25, -0.2) is 4.57 Å². The van der Waals surface area contributed by atoms with Crippen LogP contribution in [0.5, 0.6) is 11.5 Å². The lowest BCUT2D eigenvalue weighted by molar-refractivity contribution is 0.0983. The summed E-state index contributed by atoms with van der Waals surface area (Å²) in [5, 5.41) is 0. The van der Waals surface area contributed by atoms with Crippen molar-refractivity contribution in [3.05, 3.63) is 95.6 Å². The lowest BCUT2D eigenvalue weighted by Crippen LogP contribution is -2.01. The zero-order chi connectivity index (χ0) is 20.7. The van der Waals surface area contributed by atoms with E-state index in [-0.39, 0.29) is 17.3 Å². The molecule has 0 amide bonds. The van der Waals surface area contributed by atoms with Gasteiger partial charge in [0.2, 0.25) is 0 Å². The SMILES string of the molecule is CCc1ccc(OP(=O)(O)Oc2ccc(CCC(=O)c3ccccc3)cc2)cc1. The van der Waals surface area contributed by atoms with Gasteiger partial charge in [-0.2, -0.15) is 0 Å². The Hall–Kier alpha value is -2.88. The molecular formula is C23H23O5P. The number of rotatable bonds is 9. The first-order valence-electron chi connectivity index (χ1n) is 9.43. The quantitative estimate of drug-likeness (QED) is 0.366. The highest BCUT2D eigenvalue weighted by atomic mass is 31.2. The lowest BCUT2D eigenvalue weighted by Gasteiger charge is -2.14. The molecule has 1 atom stereocenters. The minimum absolute atomic E-state index is 0.0771. The van der Waals surface area contributed by atoms with Gasteiger partial charge in [-0.1, -0.05) is 61.5 Å². The maximum absolute atomic E-state index is 12.2. The van der Waals surface area contributed by atoms with Gasteiger partial charge in [-0.05, 0) is 48.2 Å². The van der Waals surface area contributed by atoms with E-state index < -0.39 is 7.82 Å². The topological polar surface area (TPSA) is 72.8 Å². The zero-order valence-electron chi connectivity index (χ0n) is 16.2. The summed E-state index contributed by atoms with van der Waals surface area (Å²) in [6.07, 6.45) is 1.83. The second kappa shape index (κ2) is 9.55. The van der Waals surface area contributed by atoms with Crippen molar-refractivity contribution in [2.45, 2.75) is 26.2 Å². The van der Waals surface area contributed by atoms with E-state index in [0.717, 1.165) is 17.5 Å². The minimum Gasteiger partial charge on any atom is -0.395 e. The van der Waals surface area contributed by atoms with Gasteiger partial charge >= 0.3 is 7.82 Å². The molecule has 29 heavy (non-hydrogen) atoms.